The zero-order valence-corrected chi connectivity index (χ0v) is 14.9. The number of rotatable bonds is 2. The Labute approximate surface area is 147 Å². The van der Waals surface area contributed by atoms with Crippen molar-refractivity contribution in [3.05, 3.63) is 57.9 Å². The van der Waals surface area contributed by atoms with Gasteiger partial charge in [-0.25, -0.2) is 22.8 Å². The van der Waals surface area contributed by atoms with E-state index in [2.05, 4.69) is 16.0 Å². The third kappa shape index (κ3) is 2.41. The number of nitrogens with zero attached hydrogens (tertiary/aromatic N) is 3. The molecule has 0 aliphatic carbocycles. The second-order valence-electron chi connectivity index (χ2n) is 5.66. The monoisotopic (exact) mass is 379 g/mol. The van der Waals surface area contributed by atoms with Crippen molar-refractivity contribution < 1.29 is 12.8 Å². The maximum atomic E-state index is 13.5. The zero-order valence-electron chi connectivity index (χ0n) is 13.3. The molecule has 0 saturated heterocycles. The maximum absolute atomic E-state index is 13.5. The summed E-state index contributed by atoms with van der Waals surface area (Å²) in [7, 11) is -0.282. The molecule has 10 heteroatoms. The molecular formula is C15H14FN5O2S2. The van der Waals surface area contributed by atoms with Crippen molar-refractivity contribution in [1.82, 2.24) is 15.9 Å². The summed E-state index contributed by atoms with van der Waals surface area (Å²) in [6.45, 7) is 0. The molecule has 4 rings (SSSR count). The lowest BCUT2D eigenvalue weighted by molar-refractivity contribution is 0.588. The Balaban J connectivity index is 1.91. The molecule has 3 heterocycles. The summed E-state index contributed by atoms with van der Waals surface area (Å²) in [5.41, 5.74) is 6.40. The van der Waals surface area contributed by atoms with Crippen molar-refractivity contribution in [3.63, 3.8) is 0 Å². The molecule has 0 spiro atoms. The molecule has 0 radical (unpaired) electrons. The average molecular weight is 379 g/mol. The summed E-state index contributed by atoms with van der Waals surface area (Å²) in [5.74, 6) is 0.263. The molecule has 0 unspecified atom stereocenters. The molecule has 2 aliphatic rings. The van der Waals surface area contributed by atoms with Crippen LogP contribution in [0.4, 0.5) is 9.39 Å². The van der Waals surface area contributed by atoms with Crippen LogP contribution in [0.1, 0.15) is 5.56 Å². The number of hydrogen-bond acceptors (Lipinski definition) is 8. The van der Waals surface area contributed by atoms with Crippen LogP contribution >= 0.6 is 11.3 Å². The highest BCUT2D eigenvalue weighted by Gasteiger charge is 2.38. The number of sulfone groups is 1. The summed E-state index contributed by atoms with van der Waals surface area (Å²) >= 11 is 1.46. The summed E-state index contributed by atoms with van der Waals surface area (Å²) in [4.78, 5) is 6.19. The first kappa shape index (κ1) is 16.1. The molecule has 0 bridgehead atoms. The first-order valence-corrected chi connectivity index (χ1v) is 9.66. The fourth-order valence-electron chi connectivity index (χ4n) is 2.65. The van der Waals surface area contributed by atoms with E-state index in [1.807, 2.05) is 30.4 Å². The highest BCUT2D eigenvalue weighted by atomic mass is 32.2. The van der Waals surface area contributed by atoms with Gasteiger partial charge in [0.05, 0.1) is 10.5 Å². The predicted molar refractivity (Wildman–Crippen MR) is 93.9 cm³/mol. The van der Waals surface area contributed by atoms with Crippen LogP contribution in [0.3, 0.4) is 0 Å². The summed E-state index contributed by atoms with van der Waals surface area (Å²) in [6, 6.07) is 6.83. The van der Waals surface area contributed by atoms with Gasteiger partial charge in [-0.15, -0.1) is 16.9 Å². The van der Waals surface area contributed by atoms with Crippen LogP contribution in [-0.2, 0) is 9.84 Å². The van der Waals surface area contributed by atoms with E-state index in [-0.39, 0.29) is 15.7 Å². The van der Waals surface area contributed by atoms with Gasteiger partial charge < -0.3 is 4.90 Å². The quantitative estimate of drug-likeness (QED) is 0.826. The molecular weight excluding hydrogens is 365 g/mol. The van der Waals surface area contributed by atoms with Crippen LogP contribution < -0.4 is 16.0 Å². The topological polar surface area (TPSA) is 77.0 Å². The minimum atomic E-state index is -3.96. The number of benzene rings is 1. The fourth-order valence-corrected chi connectivity index (χ4v) is 4.83. The zero-order chi connectivity index (χ0) is 17.8. The lowest BCUT2D eigenvalue weighted by Gasteiger charge is -2.26. The third-order valence-electron chi connectivity index (χ3n) is 3.80. The van der Waals surface area contributed by atoms with Gasteiger partial charge in [0.15, 0.2) is 10.9 Å². The van der Waals surface area contributed by atoms with E-state index in [4.69, 9.17) is 0 Å². The Kier molecular flexibility index (Phi) is 3.56. The first-order chi connectivity index (χ1) is 11.9. The molecule has 2 N–H and O–H groups in total. The first-order valence-electron chi connectivity index (χ1n) is 7.30. The standard InChI is InChI=1S/C15H14FN5O2S2/c1-20(2)12-11-6-7-24-15(11)21-13(17-12)14(18-19-21)25(22,23)10-5-3-4-9(16)8-10/h3-8,18-19H,1-2H3. The molecule has 0 atom stereocenters. The highest BCUT2D eigenvalue weighted by Crippen LogP contribution is 2.38. The molecule has 0 amide bonds. The van der Waals surface area contributed by atoms with E-state index in [0.717, 1.165) is 16.6 Å². The van der Waals surface area contributed by atoms with Gasteiger partial charge in [-0.3, -0.25) is 5.43 Å². The van der Waals surface area contributed by atoms with E-state index in [1.165, 1.54) is 29.5 Å². The number of thiophene rings is 1. The second kappa shape index (κ2) is 5.55. The van der Waals surface area contributed by atoms with Crippen molar-refractivity contribution in [3.8, 4) is 0 Å². The number of hydrazine groups is 2. The molecule has 25 heavy (non-hydrogen) atoms. The lowest BCUT2D eigenvalue weighted by Crippen LogP contribution is -2.41. The molecule has 2 aliphatic heterocycles. The number of halogens is 1. The Morgan fingerprint density at radius 2 is 2.08 bits per heavy atom. The molecule has 0 saturated carbocycles. The van der Waals surface area contributed by atoms with E-state index in [0.29, 0.717) is 5.84 Å². The summed E-state index contributed by atoms with van der Waals surface area (Å²) in [5, 5.41) is 4.20. The molecule has 1 aromatic heterocycles. The molecule has 7 nitrogen and oxygen atoms in total. The van der Waals surface area contributed by atoms with Crippen LogP contribution in [-0.4, -0.2) is 33.2 Å². The molecule has 0 fully saturated rings. The summed E-state index contributed by atoms with van der Waals surface area (Å²) in [6.07, 6.45) is 0. The van der Waals surface area contributed by atoms with Gasteiger partial charge in [0.1, 0.15) is 16.7 Å². The minimum Gasteiger partial charge on any atom is -0.362 e. The molecule has 130 valence electrons. The van der Waals surface area contributed by atoms with Crippen molar-refractivity contribution in [2.45, 2.75) is 4.90 Å². The minimum absolute atomic E-state index is 0.114. The number of fused-ring (bicyclic) bond motifs is 3. The van der Waals surface area contributed by atoms with E-state index >= 15 is 0 Å². The van der Waals surface area contributed by atoms with Crippen LogP contribution in [0.5, 0.6) is 0 Å². The van der Waals surface area contributed by atoms with E-state index in [9.17, 15) is 12.8 Å². The van der Waals surface area contributed by atoms with Crippen LogP contribution in [0.15, 0.2) is 56.4 Å². The van der Waals surface area contributed by atoms with Crippen LogP contribution in [0.25, 0.3) is 0 Å². The van der Waals surface area contributed by atoms with E-state index < -0.39 is 15.7 Å². The summed E-state index contributed by atoms with van der Waals surface area (Å²) < 4.78 is 39.4. The fraction of sp³-hybridized carbons (Fsp3) is 0.133. The van der Waals surface area contributed by atoms with Crippen molar-refractivity contribution in [1.29, 1.82) is 0 Å². The number of nitrogens with one attached hydrogen (secondary N) is 2. The molecule has 2 aromatic rings. The number of anilines is 1. The van der Waals surface area contributed by atoms with Gasteiger partial charge >= 0.3 is 0 Å². The van der Waals surface area contributed by atoms with Gasteiger partial charge in [0, 0.05) is 14.1 Å². The molecule has 1 aromatic carbocycles. The second-order valence-corrected chi connectivity index (χ2v) is 8.44. The number of amidine groups is 1. The Morgan fingerprint density at radius 3 is 2.80 bits per heavy atom. The van der Waals surface area contributed by atoms with Crippen molar-refractivity contribution in [2.75, 3.05) is 19.1 Å². The van der Waals surface area contributed by atoms with Gasteiger partial charge in [0.25, 0.3) is 0 Å². The third-order valence-corrected chi connectivity index (χ3v) is 6.39. The predicted octanol–water partition coefficient (Wildman–Crippen LogP) is 1.64. The van der Waals surface area contributed by atoms with Gasteiger partial charge in [-0.2, -0.15) is 0 Å². The largest absolute Gasteiger partial charge is 0.362 e. The Hall–Kier alpha value is -2.43. The lowest BCUT2D eigenvalue weighted by atomic mass is 10.2. The van der Waals surface area contributed by atoms with Gasteiger partial charge in [-0.1, -0.05) is 6.07 Å². The maximum Gasteiger partial charge on any atom is 0.226 e. The number of hydrogen-bond donors (Lipinski definition) is 2. The average Bonchev–Trinajstić information content (AvgIpc) is 3.20. The van der Waals surface area contributed by atoms with Crippen molar-refractivity contribution in [2.24, 2.45) is 4.99 Å². The highest BCUT2D eigenvalue weighted by molar-refractivity contribution is 7.95. The van der Waals surface area contributed by atoms with Crippen LogP contribution in [0.2, 0.25) is 0 Å². The number of aliphatic imine (C=N–C) groups is 1. The normalized spacial score (nSPS) is 16.3. The van der Waals surface area contributed by atoms with Gasteiger partial charge in [-0.05, 0) is 29.6 Å². The Bertz CT molecular complexity index is 1030. The Morgan fingerprint density at radius 1 is 1.28 bits per heavy atom. The smallest absolute Gasteiger partial charge is 0.226 e. The van der Waals surface area contributed by atoms with Crippen molar-refractivity contribution >= 4 is 32.0 Å². The van der Waals surface area contributed by atoms with Crippen LogP contribution in [0, 0.1) is 5.82 Å². The van der Waals surface area contributed by atoms with E-state index in [1.54, 1.807) is 5.01 Å². The van der Waals surface area contributed by atoms with Gasteiger partial charge in [0.2, 0.25) is 9.84 Å². The SMILES string of the molecule is CN(C)C1=NC2=C(S(=O)(=O)c3cccc(F)c3)NNN2c2sccc21.